The van der Waals surface area contributed by atoms with Gasteiger partial charge in [-0.3, -0.25) is 9.10 Å². The molecule has 0 unspecified atom stereocenters. The first-order valence-electron chi connectivity index (χ1n) is 10.6. The molecule has 1 amide bonds. The largest absolute Gasteiger partial charge is 0.492 e. The zero-order chi connectivity index (χ0) is 23.7. The van der Waals surface area contributed by atoms with E-state index >= 15 is 0 Å². The summed E-state index contributed by atoms with van der Waals surface area (Å²) in [5.41, 5.74) is 3.62. The number of benzene rings is 2. The van der Waals surface area contributed by atoms with Crippen LogP contribution in [0.2, 0.25) is 0 Å². The van der Waals surface area contributed by atoms with Gasteiger partial charge in [-0.1, -0.05) is 32.9 Å². The highest BCUT2D eigenvalue weighted by Gasteiger charge is 2.35. The molecule has 3 rings (SSSR count). The van der Waals surface area contributed by atoms with Gasteiger partial charge in [-0.25, -0.2) is 8.42 Å². The highest BCUT2D eigenvalue weighted by Crippen LogP contribution is 2.38. The van der Waals surface area contributed by atoms with Crippen LogP contribution in [0.4, 0.5) is 5.69 Å². The molecule has 0 fully saturated rings. The van der Waals surface area contributed by atoms with Crippen molar-refractivity contribution in [3.8, 4) is 11.5 Å². The van der Waals surface area contributed by atoms with Crippen LogP contribution in [0.1, 0.15) is 37.5 Å². The molecular formula is C24H32N2O5S. The fraction of sp³-hybridized carbons (Fsp3) is 0.458. The Kier molecular flexibility index (Phi) is 6.74. The predicted molar refractivity (Wildman–Crippen MR) is 126 cm³/mol. The summed E-state index contributed by atoms with van der Waals surface area (Å²) >= 11 is 0. The molecule has 0 radical (unpaired) electrons. The number of anilines is 1. The third kappa shape index (κ3) is 5.54. The molecule has 1 aliphatic heterocycles. The first-order valence-corrected chi connectivity index (χ1v) is 12.5. The van der Waals surface area contributed by atoms with Crippen molar-refractivity contribution in [3.05, 3.63) is 53.1 Å². The highest BCUT2D eigenvalue weighted by molar-refractivity contribution is 7.92. The molecule has 0 spiro atoms. The Morgan fingerprint density at radius 1 is 1.16 bits per heavy atom. The Morgan fingerprint density at radius 2 is 1.88 bits per heavy atom. The lowest BCUT2D eigenvalue weighted by Gasteiger charge is -2.35. The van der Waals surface area contributed by atoms with Crippen LogP contribution in [0.15, 0.2) is 36.4 Å². The zero-order valence-electron chi connectivity index (χ0n) is 19.6. The van der Waals surface area contributed by atoms with Gasteiger partial charge in [0, 0.05) is 0 Å². The van der Waals surface area contributed by atoms with Crippen LogP contribution in [-0.2, 0) is 20.2 Å². The van der Waals surface area contributed by atoms with Gasteiger partial charge in [0.05, 0.1) is 25.0 Å². The number of rotatable bonds is 6. The van der Waals surface area contributed by atoms with Gasteiger partial charge in [-0.15, -0.1) is 0 Å². The molecule has 1 aliphatic rings. The fourth-order valence-corrected chi connectivity index (χ4v) is 4.34. The summed E-state index contributed by atoms with van der Waals surface area (Å²) in [7, 11) is -3.59. The van der Waals surface area contributed by atoms with E-state index in [1.165, 1.54) is 9.87 Å². The van der Waals surface area contributed by atoms with Crippen molar-refractivity contribution in [2.75, 3.05) is 30.3 Å². The molecule has 1 N–H and O–H groups in total. The van der Waals surface area contributed by atoms with E-state index in [1.54, 1.807) is 6.07 Å². The van der Waals surface area contributed by atoms with Gasteiger partial charge < -0.3 is 14.8 Å². The standard InChI is InChI=1S/C24H32N2O5S/c1-16-7-9-19(13-17(16)2)30-12-11-25-23(27)22-15-26(32(6,28)29)20-14-18(24(3,4)5)8-10-21(20)31-22/h7-10,13-14,22H,11-12,15H2,1-6H3,(H,25,27)/t22-/m0/s1. The number of aryl methyl sites for hydroxylation is 2. The number of nitrogens with zero attached hydrogens (tertiary/aromatic N) is 1. The summed E-state index contributed by atoms with van der Waals surface area (Å²) in [6.07, 6.45) is 0.192. The lowest BCUT2D eigenvalue weighted by molar-refractivity contribution is -0.127. The van der Waals surface area contributed by atoms with Crippen LogP contribution in [0.5, 0.6) is 11.5 Å². The summed E-state index contributed by atoms with van der Waals surface area (Å²) in [5, 5.41) is 2.78. The number of ether oxygens (including phenoxy) is 2. The number of hydrogen-bond donors (Lipinski definition) is 1. The van der Waals surface area contributed by atoms with E-state index in [9.17, 15) is 13.2 Å². The molecule has 0 bridgehead atoms. The Morgan fingerprint density at radius 3 is 2.50 bits per heavy atom. The van der Waals surface area contributed by atoms with Crippen LogP contribution in [0, 0.1) is 13.8 Å². The van der Waals surface area contributed by atoms with E-state index in [1.807, 2.05) is 44.2 Å². The third-order valence-electron chi connectivity index (χ3n) is 5.54. The van der Waals surface area contributed by atoms with Gasteiger partial charge in [0.2, 0.25) is 10.0 Å². The summed E-state index contributed by atoms with van der Waals surface area (Å²) in [4.78, 5) is 12.7. The average Bonchev–Trinajstić information content (AvgIpc) is 2.70. The predicted octanol–water partition coefficient (Wildman–Crippen LogP) is 3.32. The quantitative estimate of drug-likeness (QED) is 0.669. The van der Waals surface area contributed by atoms with Crippen LogP contribution in [0.25, 0.3) is 0 Å². The van der Waals surface area contributed by atoms with Crippen LogP contribution < -0.4 is 19.1 Å². The molecule has 32 heavy (non-hydrogen) atoms. The Labute approximate surface area is 190 Å². The lowest BCUT2D eigenvalue weighted by atomic mass is 9.86. The van der Waals surface area contributed by atoms with Gasteiger partial charge in [-0.05, 0) is 60.2 Å². The monoisotopic (exact) mass is 460 g/mol. The average molecular weight is 461 g/mol. The van der Waals surface area contributed by atoms with E-state index < -0.39 is 16.1 Å². The number of carbonyl (C=O) groups is 1. The van der Waals surface area contributed by atoms with Crippen molar-refractivity contribution < 1.29 is 22.7 Å². The van der Waals surface area contributed by atoms with Crippen molar-refractivity contribution in [2.45, 2.75) is 46.1 Å². The summed E-state index contributed by atoms with van der Waals surface area (Å²) < 4.78 is 37.7. The van der Waals surface area contributed by atoms with Crippen LogP contribution in [-0.4, -0.2) is 46.4 Å². The van der Waals surface area contributed by atoms with Crippen LogP contribution in [0.3, 0.4) is 0 Å². The molecule has 1 heterocycles. The van der Waals surface area contributed by atoms with Crippen molar-refractivity contribution in [3.63, 3.8) is 0 Å². The van der Waals surface area contributed by atoms with Gasteiger partial charge in [0.15, 0.2) is 6.10 Å². The molecular weight excluding hydrogens is 428 g/mol. The van der Waals surface area contributed by atoms with Gasteiger partial charge in [-0.2, -0.15) is 0 Å². The minimum atomic E-state index is -3.59. The second-order valence-corrected chi connectivity index (χ2v) is 11.1. The maximum Gasteiger partial charge on any atom is 0.263 e. The molecule has 0 saturated heterocycles. The molecule has 174 valence electrons. The molecule has 2 aromatic carbocycles. The van der Waals surface area contributed by atoms with Crippen molar-refractivity contribution in [1.82, 2.24) is 5.32 Å². The number of carbonyl (C=O) groups excluding carboxylic acids is 1. The normalized spacial score (nSPS) is 16.2. The fourth-order valence-electron chi connectivity index (χ4n) is 3.43. The molecule has 0 aromatic heterocycles. The molecule has 8 heteroatoms. The number of hydrogen-bond acceptors (Lipinski definition) is 5. The van der Waals surface area contributed by atoms with E-state index in [-0.39, 0.29) is 24.4 Å². The van der Waals surface area contributed by atoms with Gasteiger partial charge in [0.1, 0.15) is 18.1 Å². The molecule has 2 aromatic rings. The minimum absolute atomic E-state index is 0.0801. The number of amides is 1. The SMILES string of the molecule is Cc1ccc(OCCNC(=O)[C@@H]2CN(S(C)(=O)=O)c3cc(C(C)(C)C)ccc3O2)cc1C. The van der Waals surface area contributed by atoms with E-state index in [0.29, 0.717) is 18.0 Å². The zero-order valence-corrected chi connectivity index (χ0v) is 20.4. The minimum Gasteiger partial charge on any atom is -0.492 e. The van der Waals surface area contributed by atoms with Crippen LogP contribution >= 0.6 is 0 Å². The smallest absolute Gasteiger partial charge is 0.263 e. The maximum absolute atomic E-state index is 12.7. The lowest BCUT2D eigenvalue weighted by Crippen LogP contribution is -2.51. The third-order valence-corrected chi connectivity index (χ3v) is 6.68. The number of nitrogens with one attached hydrogen (secondary N) is 1. The molecule has 7 nitrogen and oxygen atoms in total. The Balaban J connectivity index is 1.67. The van der Waals surface area contributed by atoms with Crippen molar-refractivity contribution in [1.29, 1.82) is 0 Å². The van der Waals surface area contributed by atoms with E-state index in [2.05, 4.69) is 26.1 Å². The molecule has 0 saturated carbocycles. The van der Waals surface area contributed by atoms with E-state index in [4.69, 9.17) is 9.47 Å². The van der Waals surface area contributed by atoms with Crippen molar-refractivity contribution >= 4 is 21.6 Å². The van der Waals surface area contributed by atoms with Gasteiger partial charge >= 0.3 is 0 Å². The second-order valence-electron chi connectivity index (χ2n) is 9.22. The summed E-state index contributed by atoms with van der Waals surface area (Å²) in [6, 6.07) is 11.3. The number of sulfonamides is 1. The first-order chi connectivity index (χ1) is 14.9. The highest BCUT2D eigenvalue weighted by atomic mass is 32.2. The Bertz CT molecular complexity index is 1110. The Hall–Kier alpha value is -2.74. The number of fused-ring (bicyclic) bond motifs is 1. The molecule has 0 aliphatic carbocycles. The summed E-state index contributed by atoms with van der Waals surface area (Å²) in [6.45, 7) is 10.7. The summed E-state index contributed by atoms with van der Waals surface area (Å²) in [5.74, 6) is 0.734. The second kappa shape index (κ2) is 9.02. The van der Waals surface area contributed by atoms with E-state index in [0.717, 1.165) is 23.1 Å². The first kappa shape index (κ1) is 23.9. The maximum atomic E-state index is 12.7. The van der Waals surface area contributed by atoms with Gasteiger partial charge in [0.25, 0.3) is 5.91 Å². The molecule has 1 atom stereocenters. The van der Waals surface area contributed by atoms with Crippen molar-refractivity contribution in [2.24, 2.45) is 0 Å². The topological polar surface area (TPSA) is 84.9 Å².